The van der Waals surface area contributed by atoms with E-state index in [9.17, 15) is 9.18 Å². The van der Waals surface area contributed by atoms with Crippen molar-refractivity contribution >= 4 is 22.7 Å². The summed E-state index contributed by atoms with van der Waals surface area (Å²) in [6, 6.07) is 17.9. The molecule has 7 heteroatoms. The van der Waals surface area contributed by atoms with Crippen molar-refractivity contribution in [2.24, 2.45) is 0 Å². The number of hydrogen-bond acceptors (Lipinski definition) is 5. The van der Waals surface area contributed by atoms with Gasteiger partial charge in [0.15, 0.2) is 11.3 Å². The number of carbonyl (C=O) groups is 1. The fraction of sp³-hybridized carbons (Fsp3) is 0. The predicted octanol–water partition coefficient (Wildman–Crippen LogP) is 5.54. The number of pyridine rings is 1. The highest BCUT2D eigenvalue weighted by Crippen LogP contribution is 2.27. The van der Waals surface area contributed by atoms with Gasteiger partial charge in [0, 0.05) is 29.2 Å². The Morgan fingerprint density at radius 1 is 0.867 bits per heavy atom. The Labute approximate surface area is 170 Å². The molecule has 2 aromatic carbocycles. The van der Waals surface area contributed by atoms with E-state index >= 15 is 0 Å². The summed E-state index contributed by atoms with van der Waals surface area (Å²) in [5.41, 5.74) is 3.28. The van der Waals surface area contributed by atoms with Crippen molar-refractivity contribution < 1.29 is 18.0 Å². The number of nitrogens with zero attached hydrogens (tertiary/aromatic N) is 2. The number of anilines is 1. The van der Waals surface area contributed by atoms with Crippen LogP contribution in [-0.4, -0.2) is 15.9 Å². The largest absolute Gasteiger partial charge is 0.451 e. The standard InChI is InChI=1S/C23H14FN3O3/c24-16-3-1-14(2-4-16)19-7-8-21(29-19)22(28)26-17-5-6-20-18(13-17)27-23(30-20)15-9-11-25-12-10-15/h1-13H,(H,26,28). The van der Waals surface area contributed by atoms with Crippen LogP contribution in [0.2, 0.25) is 0 Å². The molecule has 30 heavy (non-hydrogen) atoms. The monoisotopic (exact) mass is 399 g/mol. The topological polar surface area (TPSA) is 81.2 Å². The van der Waals surface area contributed by atoms with Crippen LogP contribution in [0.15, 0.2) is 88.0 Å². The molecule has 0 spiro atoms. The minimum atomic E-state index is -0.402. The molecule has 6 nitrogen and oxygen atoms in total. The van der Waals surface area contributed by atoms with E-state index in [0.29, 0.717) is 34.0 Å². The summed E-state index contributed by atoms with van der Waals surface area (Å²) in [4.78, 5) is 21.0. The van der Waals surface area contributed by atoms with Crippen molar-refractivity contribution in [2.45, 2.75) is 0 Å². The van der Waals surface area contributed by atoms with Crippen LogP contribution < -0.4 is 5.32 Å². The third kappa shape index (κ3) is 3.44. The zero-order valence-corrected chi connectivity index (χ0v) is 15.5. The van der Waals surface area contributed by atoms with E-state index < -0.39 is 5.91 Å². The molecular formula is C23H14FN3O3. The van der Waals surface area contributed by atoms with E-state index in [1.807, 2.05) is 12.1 Å². The Kier molecular flexibility index (Phi) is 4.33. The maximum Gasteiger partial charge on any atom is 0.291 e. The summed E-state index contributed by atoms with van der Waals surface area (Å²) in [5, 5.41) is 2.79. The zero-order valence-electron chi connectivity index (χ0n) is 15.5. The molecule has 0 aliphatic carbocycles. The fourth-order valence-electron chi connectivity index (χ4n) is 3.05. The van der Waals surface area contributed by atoms with E-state index in [1.165, 1.54) is 12.1 Å². The van der Waals surface area contributed by atoms with E-state index in [1.54, 1.807) is 54.9 Å². The Morgan fingerprint density at radius 2 is 1.67 bits per heavy atom. The molecule has 0 bridgehead atoms. The van der Waals surface area contributed by atoms with Crippen molar-refractivity contribution in [3.8, 4) is 22.8 Å². The lowest BCUT2D eigenvalue weighted by Crippen LogP contribution is -2.10. The van der Waals surface area contributed by atoms with Gasteiger partial charge < -0.3 is 14.2 Å². The summed E-state index contributed by atoms with van der Waals surface area (Å²) in [5.74, 6) is 0.367. The molecule has 0 atom stereocenters. The molecule has 1 amide bonds. The smallest absolute Gasteiger partial charge is 0.291 e. The van der Waals surface area contributed by atoms with Crippen LogP contribution in [-0.2, 0) is 0 Å². The van der Waals surface area contributed by atoms with E-state index in [2.05, 4.69) is 15.3 Å². The first-order valence-corrected chi connectivity index (χ1v) is 9.14. The van der Waals surface area contributed by atoms with Crippen LogP contribution in [0.4, 0.5) is 10.1 Å². The summed E-state index contributed by atoms with van der Waals surface area (Å²) < 4.78 is 24.5. The van der Waals surface area contributed by atoms with Gasteiger partial charge in [-0.3, -0.25) is 9.78 Å². The van der Waals surface area contributed by atoms with Crippen LogP contribution in [0.5, 0.6) is 0 Å². The van der Waals surface area contributed by atoms with Gasteiger partial charge in [-0.25, -0.2) is 9.37 Å². The minimum absolute atomic E-state index is 0.145. The number of amides is 1. The number of hydrogen-bond donors (Lipinski definition) is 1. The van der Waals surface area contributed by atoms with Crippen molar-refractivity contribution in [3.63, 3.8) is 0 Å². The lowest BCUT2D eigenvalue weighted by molar-refractivity contribution is 0.0997. The number of carbonyl (C=O) groups excluding carboxylic acids is 1. The van der Waals surface area contributed by atoms with Gasteiger partial charge in [-0.05, 0) is 66.7 Å². The second kappa shape index (κ2) is 7.29. The second-order valence-electron chi connectivity index (χ2n) is 6.56. The zero-order chi connectivity index (χ0) is 20.5. The molecule has 5 aromatic rings. The Hall–Kier alpha value is -4.26. The molecule has 0 saturated carbocycles. The minimum Gasteiger partial charge on any atom is -0.451 e. The van der Waals surface area contributed by atoms with Gasteiger partial charge in [-0.15, -0.1) is 0 Å². The number of aromatic nitrogens is 2. The highest BCUT2D eigenvalue weighted by Gasteiger charge is 2.14. The van der Waals surface area contributed by atoms with E-state index in [4.69, 9.17) is 8.83 Å². The molecule has 5 rings (SSSR count). The SMILES string of the molecule is O=C(Nc1ccc2oc(-c3ccncc3)nc2c1)c1ccc(-c2ccc(F)cc2)o1. The van der Waals surface area contributed by atoms with Crippen molar-refractivity contribution in [3.05, 3.63) is 90.7 Å². The van der Waals surface area contributed by atoms with Crippen LogP contribution >= 0.6 is 0 Å². The maximum atomic E-state index is 13.1. The Balaban J connectivity index is 1.36. The molecule has 0 aliphatic heterocycles. The predicted molar refractivity (Wildman–Crippen MR) is 109 cm³/mol. The van der Waals surface area contributed by atoms with E-state index in [0.717, 1.165) is 5.56 Å². The van der Waals surface area contributed by atoms with Gasteiger partial charge in [-0.1, -0.05) is 0 Å². The van der Waals surface area contributed by atoms with Gasteiger partial charge in [0.2, 0.25) is 5.89 Å². The number of oxazole rings is 1. The highest BCUT2D eigenvalue weighted by atomic mass is 19.1. The van der Waals surface area contributed by atoms with Gasteiger partial charge >= 0.3 is 0 Å². The molecule has 0 radical (unpaired) electrons. The molecule has 1 N–H and O–H groups in total. The maximum absolute atomic E-state index is 13.1. The van der Waals surface area contributed by atoms with Gasteiger partial charge in [-0.2, -0.15) is 0 Å². The quantitative estimate of drug-likeness (QED) is 0.429. The number of nitrogens with one attached hydrogen (secondary N) is 1. The lowest BCUT2D eigenvalue weighted by Gasteiger charge is -2.02. The van der Waals surface area contributed by atoms with E-state index in [-0.39, 0.29) is 11.6 Å². The first-order chi connectivity index (χ1) is 14.7. The Bertz CT molecular complexity index is 1340. The molecule has 0 fully saturated rings. The average Bonchev–Trinajstić information content (AvgIpc) is 3.42. The third-order valence-corrected chi connectivity index (χ3v) is 4.53. The summed E-state index contributed by atoms with van der Waals surface area (Å²) in [7, 11) is 0. The second-order valence-corrected chi connectivity index (χ2v) is 6.56. The normalized spacial score (nSPS) is 11.0. The molecule has 3 heterocycles. The average molecular weight is 399 g/mol. The number of rotatable bonds is 4. The summed E-state index contributed by atoms with van der Waals surface area (Å²) in [6.45, 7) is 0. The van der Waals surface area contributed by atoms with Crippen molar-refractivity contribution in [2.75, 3.05) is 5.32 Å². The molecule has 0 saturated heterocycles. The molecule has 0 unspecified atom stereocenters. The van der Waals surface area contributed by atoms with Crippen LogP contribution in [0.3, 0.4) is 0 Å². The number of fused-ring (bicyclic) bond motifs is 1. The summed E-state index contributed by atoms with van der Waals surface area (Å²) in [6.07, 6.45) is 3.33. The first kappa shape index (κ1) is 17.8. The highest BCUT2D eigenvalue weighted by molar-refractivity contribution is 6.03. The van der Waals surface area contributed by atoms with Crippen LogP contribution in [0, 0.1) is 5.82 Å². The van der Waals surface area contributed by atoms with Crippen molar-refractivity contribution in [1.82, 2.24) is 9.97 Å². The summed E-state index contributed by atoms with van der Waals surface area (Å²) >= 11 is 0. The number of halogens is 1. The third-order valence-electron chi connectivity index (χ3n) is 4.53. The number of furan rings is 1. The molecule has 3 aromatic heterocycles. The molecule has 0 aliphatic rings. The Morgan fingerprint density at radius 3 is 2.47 bits per heavy atom. The first-order valence-electron chi connectivity index (χ1n) is 9.14. The fourth-order valence-corrected chi connectivity index (χ4v) is 3.05. The van der Waals surface area contributed by atoms with Gasteiger partial charge in [0.05, 0.1) is 0 Å². The van der Waals surface area contributed by atoms with Gasteiger partial charge in [0.1, 0.15) is 17.1 Å². The lowest BCUT2D eigenvalue weighted by atomic mass is 10.2. The van der Waals surface area contributed by atoms with Crippen LogP contribution in [0.25, 0.3) is 33.9 Å². The molecular weight excluding hydrogens is 385 g/mol. The van der Waals surface area contributed by atoms with Crippen LogP contribution in [0.1, 0.15) is 10.6 Å². The van der Waals surface area contributed by atoms with Crippen molar-refractivity contribution in [1.29, 1.82) is 0 Å². The van der Waals surface area contributed by atoms with Gasteiger partial charge in [0.25, 0.3) is 5.91 Å². The molecule has 146 valence electrons. The number of benzene rings is 2.